The molecule has 3 aromatic heterocycles. The summed E-state index contributed by atoms with van der Waals surface area (Å²) >= 11 is 1.88. The van der Waals surface area contributed by atoms with Crippen LogP contribution in [-0.4, -0.2) is 4.40 Å². The molecular weight excluding hydrogens is 677 g/mol. The van der Waals surface area contributed by atoms with Crippen molar-refractivity contribution in [3.63, 3.8) is 0 Å². The molecule has 8 aromatic carbocycles. The number of aromatic nitrogens is 1. The zero-order valence-electron chi connectivity index (χ0n) is 29.2. The van der Waals surface area contributed by atoms with Gasteiger partial charge in [0.25, 0.3) is 0 Å². The number of nitrogens with zero attached hydrogens (tertiary/aromatic N) is 2. The van der Waals surface area contributed by atoms with Crippen molar-refractivity contribution in [2.24, 2.45) is 0 Å². The van der Waals surface area contributed by atoms with E-state index in [9.17, 15) is 0 Å². The van der Waals surface area contributed by atoms with Crippen LogP contribution >= 0.6 is 11.3 Å². The summed E-state index contributed by atoms with van der Waals surface area (Å²) in [6.07, 6.45) is 0. The average molecular weight is 709 g/mol. The van der Waals surface area contributed by atoms with Gasteiger partial charge in [0.05, 0.1) is 15.7 Å². The molecule has 0 bridgehead atoms. The minimum absolute atomic E-state index is 0.911. The summed E-state index contributed by atoms with van der Waals surface area (Å²) in [6.45, 7) is 0. The lowest BCUT2D eigenvalue weighted by molar-refractivity contribution is 0.669. The van der Waals surface area contributed by atoms with Gasteiger partial charge in [0.15, 0.2) is 0 Å². The molecular formula is C50H32N2OS. The number of hydrogen-bond acceptors (Lipinski definition) is 3. The van der Waals surface area contributed by atoms with E-state index in [1.54, 1.807) is 0 Å². The van der Waals surface area contributed by atoms with E-state index < -0.39 is 0 Å². The van der Waals surface area contributed by atoms with Crippen LogP contribution in [0.4, 0.5) is 17.1 Å². The van der Waals surface area contributed by atoms with Gasteiger partial charge in [-0.25, -0.2) is 0 Å². The molecule has 0 fully saturated rings. The molecule has 0 saturated carbocycles. The van der Waals surface area contributed by atoms with E-state index in [0.717, 1.165) is 44.6 Å². The average Bonchev–Trinajstić information content (AvgIpc) is 3.90. The second-order valence-electron chi connectivity index (χ2n) is 13.7. The third-order valence-electron chi connectivity index (χ3n) is 10.6. The zero-order valence-corrected chi connectivity index (χ0v) is 30.0. The van der Waals surface area contributed by atoms with E-state index in [1.807, 2.05) is 23.5 Å². The Hall–Kier alpha value is -6.88. The van der Waals surface area contributed by atoms with Crippen LogP contribution in [0.3, 0.4) is 0 Å². The van der Waals surface area contributed by atoms with Crippen LogP contribution in [0.5, 0.6) is 0 Å². The lowest BCUT2D eigenvalue weighted by Gasteiger charge is -2.25. The first kappa shape index (κ1) is 30.7. The largest absolute Gasteiger partial charge is 0.456 e. The van der Waals surface area contributed by atoms with Crippen LogP contribution < -0.4 is 4.90 Å². The van der Waals surface area contributed by atoms with Gasteiger partial charge in [0.1, 0.15) is 16.0 Å². The summed E-state index contributed by atoms with van der Waals surface area (Å²) in [7, 11) is 0. The molecule has 0 unspecified atom stereocenters. The fraction of sp³-hybridized carbons (Fsp3) is 0. The predicted octanol–water partition coefficient (Wildman–Crippen LogP) is 14.7. The zero-order chi connectivity index (χ0) is 35.6. The number of hydrogen-bond donors (Lipinski definition) is 0. The summed E-state index contributed by atoms with van der Waals surface area (Å²) in [5.41, 5.74) is 14.9. The summed E-state index contributed by atoms with van der Waals surface area (Å²) in [4.78, 5) is 3.56. The summed E-state index contributed by atoms with van der Waals surface area (Å²) < 4.78 is 10.0. The van der Waals surface area contributed by atoms with Crippen molar-refractivity contribution in [1.82, 2.24) is 4.40 Å². The molecule has 0 spiro atoms. The molecule has 0 radical (unpaired) electrons. The summed E-state index contributed by atoms with van der Waals surface area (Å²) in [5.74, 6) is 0. The van der Waals surface area contributed by atoms with Crippen molar-refractivity contribution >= 4 is 76.3 Å². The first-order valence-electron chi connectivity index (χ1n) is 18.3. The van der Waals surface area contributed by atoms with Crippen molar-refractivity contribution in [2.45, 2.75) is 0 Å². The molecule has 3 nitrogen and oxygen atoms in total. The number of rotatable bonds is 6. The Morgan fingerprint density at radius 1 is 0.407 bits per heavy atom. The van der Waals surface area contributed by atoms with Crippen molar-refractivity contribution < 1.29 is 4.42 Å². The second kappa shape index (κ2) is 12.4. The Bertz CT molecular complexity index is 3100. The van der Waals surface area contributed by atoms with E-state index in [1.165, 1.54) is 53.8 Å². The molecule has 3 heterocycles. The highest BCUT2D eigenvalue weighted by atomic mass is 32.1. The minimum Gasteiger partial charge on any atom is -0.456 e. The third-order valence-corrected chi connectivity index (χ3v) is 11.8. The Morgan fingerprint density at radius 3 is 1.78 bits per heavy atom. The SMILES string of the molecule is c1ccc(-c2c3cc(-c4ccc5c(c4)oc4ccccc45)ccc3n3c2sc2c(-c4ccc(N(c5ccccc5)c5ccccc5)cc4)cccc23)cc1. The third kappa shape index (κ3) is 4.88. The van der Waals surface area contributed by atoms with E-state index >= 15 is 0 Å². The number of furan rings is 1. The Morgan fingerprint density at radius 2 is 1.02 bits per heavy atom. The van der Waals surface area contributed by atoms with Crippen molar-refractivity contribution in [2.75, 3.05) is 4.90 Å². The Kier molecular flexibility index (Phi) is 7.04. The van der Waals surface area contributed by atoms with Crippen LogP contribution in [-0.2, 0) is 0 Å². The van der Waals surface area contributed by atoms with Crippen molar-refractivity contribution in [3.05, 3.63) is 194 Å². The lowest BCUT2D eigenvalue weighted by Crippen LogP contribution is -2.09. The quantitative estimate of drug-likeness (QED) is 0.171. The van der Waals surface area contributed by atoms with Gasteiger partial charge in [-0.3, -0.25) is 4.40 Å². The van der Waals surface area contributed by atoms with E-state index in [2.05, 4.69) is 191 Å². The normalized spacial score (nSPS) is 11.7. The van der Waals surface area contributed by atoms with Crippen LogP contribution in [0, 0.1) is 0 Å². The highest BCUT2D eigenvalue weighted by Gasteiger charge is 2.21. The van der Waals surface area contributed by atoms with Crippen LogP contribution in [0.15, 0.2) is 199 Å². The van der Waals surface area contributed by atoms with Crippen LogP contribution in [0.2, 0.25) is 0 Å². The number of thiazole rings is 1. The molecule has 0 aliphatic heterocycles. The van der Waals surface area contributed by atoms with Gasteiger partial charge >= 0.3 is 0 Å². The molecule has 54 heavy (non-hydrogen) atoms. The fourth-order valence-electron chi connectivity index (χ4n) is 8.10. The molecule has 11 aromatic rings. The second-order valence-corrected chi connectivity index (χ2v) is 14.7. The number of benzene rings is 8. The monoisotopic (exact) mass is 708 g/mol. The van der Waals surface area contributed by atoms with Crippen LogP contribution in [0.25, 0.3) is 81.3 Å². The van der Waals surface area contributed by atoms with Crippen molar-refractivity contribution in [1.29, 1.82) is 0 Å². The van der Waals surface area contributed by atoms with Gasteiger partial charge < -0.3 is 9.32 Å². The summed E-state index contributed by atoms with van der Waals surface area (Å²) in [5, 5.41) is 3.54. The van der Waals surface area contributed by atoms with Crippen molar-refractivity contribution in [3.8, 4) is 33.4 Å². The van der Waals surface area contributed by atoms with E-state index in [0.29, 0.717) is 0 Å². The first-order chi connectivity index (χ1) is 26.8. The van der Waals surface area contributed by atoms with Gasteiger partial charge in [-0.15, -0.1) is 11.3 Å². The lowest BCUT2D eigenvalue weighted by atomic mass is 9.99. The van der Waals surface area contributed by atoms with Crippen LogP contribution in [0.1, 0.15) is 0 Å². The van der Waals surface area contributed by atoms with Gasteiger partial charge in [-0.05, 0) is 95.1 Å². The summed E-state index contributed by atoms with van der Waals surface area (Å²) in [6, 6.07) is 69.5. The predicted molar refractivity (Wildman–Crippen MR) is 229 cm³/mol. The topological polar surface area (TPSA) is 20.8 Å². The maximum absolute atomic E-state index is 6.28. The van der Waals surface area contributed by atoms with E-state index in [4.69, 9.17) is 4.42 Å². The van der Waals surface area contributed by atoms with Gasteiger partial charge in [0, 0.05) is 44.3 Å². The molecule has 254 valence electrons. The molecule has 11 rings (SSSR count). The molecule has 0 saturated heterocycles. The Balaban J connectivity index is 1.06. The van der Waals surface area contributed by atoms with Gasteiger partial charge in [0.2, 0.25) is 0 Å². The molecule has 0 amide bonds. The van der Waals surface area contributed by atoms with E-state index in [-0.39, 0.29) is 0 Å². The molecule has 0 N–H and O–H groups in total. The maximum Gasteiger partial charge on any atom is 0.136 e. The number of anilines is 3. The number of para-hydroxylation sites is 3. The molecule has 4 heteroatoms. The number of fused-ring (bicyclic) bond motifs is 8. The molecule has 0 aliphatic carbocycles. The smallest absolute Gasteiger partial charge is 0.136 e. The maximum atomic E-state index is 6.28. The molecule has 0 atom stereocenters. The van der Waals surface area contributed by atoms with Gasteiger partial charge in [-0.2, -0.15) is 0 Å². The fourth-order valence-corrected chi connectivity index (χ4v) is 9.47. The standard InChI is InChI=1S/C50H32N2OS/c1-4-13-34(14-5-1)48-43-31-35(36-25-29-42-41-19-10-11-22-46(41)53-47(42)32-36)26-30-44(43)52-45-21-12-20-40(49(45)54-50(48)52)33-23-27-39(28-24-33)51(37-15-6-2-7-16-37)38-17-8-3-9-18-38/h1-32H. The first-order valence-corrected chi connectivity index (χ1v) is 19.1. The minimum atomic E-state index is 0.911. The highest BCUT2D eigenvalue weighted by Crippen LogP contribution is 2.46. The van der Waals surface area contributed by atoms with Gasteiger partial charge in [-0.1, -0.05) is 121 Å². The highest BCUT2D eigenvalue weighted by molar-refractivity contribution is 7.25. The Labute approximate surface area is 316 Å². The molecule has 0 aliphatic rings.